The molecule has 0 saturated carbocycles. The molecule has 2 heterocycles. The second-order valence-corrected chi connectivity index (χ2v) is 3.74. The second kappa shape index (κ2) is 4.44. The van der Waals surface area contributed by atoms with Gasteiger partial charge in [0.15, 0.2) is 0 Å². The molecule has 1 aliphatic heterocycles. The van der Waals surface area contributed by atoms with Gasteiger partial charge in [-0.1, -0.05) is 0 Å². The molecule has 0 aliphatic carbocycles. The molecule has 0 unspecified atom stereocenters. The van der Waals surface area contributed by atoms with Crippen molar-refractivity contribution in [3.63, 3.8) is 0 Å². The summed E-state index contributed by atoms with van der Waals surface area (Å²) in [4.78, 5) is 10.6. The summed E-state index contributed by atoms with van der Waals surface area (Å²) in [5.41, 5.74) is 5.50. The summed E-state index contributed by atoms with van der Waals surface area (Å²) in [6.07, 6.45) is 5.65. The van der Waals surface area contributed by atoms with E-state index in [1.165, 1.54) is 6.42 Å². The van der Waals surface area contributed by atoms with E-state index in [0.717, 1.165) is 25.4 Å². The third kappa shape index (κ3) is 2.18. The number of anilines is 2. The lowest BCUT2D eigenvalue weighted by molar-refractivity contribution is 0.180. The van der Waals surface area contributed by atoms with Crippen LogP contribution in [-0.2, 0) is 4.74 Å². The van der Waals surface area contributed by atoms with Crippen molar-refractivity contribution in [1.29, 1.82) is 0 Å². The van der Waals surface area contributed by atoms with Crippen LogP contribution in [0.25, 0.3) is 0 Å². The highest BCUT2D eigenvalue weighted by Crippen LogP contribution is 2.23. The fourth-order valence-electron chi connectivity index (χ4n) is 1.98. The highest BCUT2D eigenvalue weighted by molar-refractivity contribution is 5.41. The molecule has 1 aliphatic rings. The number of aromatic nitrogens is 2. The van der Waals surface area contributed by atoms with E-state index in [9.17, 15) is 0 Å². The van der Waals surface area contributed by atoms with Gasteiger partial charge in [0, 0.05) is 13.7 Å². The SMILES string of the molecule is COC[C@H]1CCCN1c1cnc(N)cn1. The largest absolute Gasteiger partial charge is 0.383 e. The van der Waals surface area contributed by atoms with E-state index >= 15 is 0 Å². The summed E-state index contributed by atoms with van der Waals surface area (Å²) in [6.45, 7) is 1.76. The minimum absolute atomic E-state index is 0.424. The van der Waals surface area contributed by atoms with Gasteiger partial charge in [0.25, 0.3) is 0 Å². The molecule has 0 amide bonds. The van der Waals surface area contributed by atoms with Crippen LogP contribution in [0.5, 0.6) is 0 Å². The van der Waals surface area contributed by atoms with Crippen LogP contribution in [0.3, 0.4) is 0 Å². The van der Waals surface area contributed by atoms with Gasteiger partial charge in [-0.2, -0.15) is 0 Å². The van der Waals surface area contributed by atoms with Gasteiger partial charge in [-0.15, -0.1) is 0 Å². The van der Waals surface area contributed by atoms with Gasteiger partial charge < -0.3 is 15.4 Å². The van der Waals surface area contributed by atoms with Crippen molar-refractivity contribution >= 4 is 11.6 Å². The summed E-state index contributed by atoms with van der Waals surface area (Å²) in [7, 11) is 1.73. The molecule has 1 saturated heterocycles. The second-order valence-electron chi connectivity index (χ2n) is 3.74. The van der Waals surface area contributed by atoms with E-state index in [-0.39, 0.29) is 0 Å². The van der Waals surface area contributed by atoms with E-state index in [2.05, 4.69) is 14.9 Å². The summed E-state index contributed by atoms with van der Waals surface area (Å²) < 4.78 is 5.19. The lowest BCUT2D eigenvalue weighted by atomic mass is 10.2. The van der Waals surface area contributed by atoms with Crippen molar-refractivity contribution < 1.29 is 4.74 Å². The Morgan fingerprint density at radius 2 is 2.40 bits per heavy atom. The number of nitrogen functional groups attached to an aromatic ring is 1. The highest BCUT2D eigenvalue weighted by atomic mass is 16.5. The van der Waals surface area contributed by atoms with E-state index in [1.54, 1.807) is 19.5 Å². The monoisotopic (exact) mass is 208 g/mol. The number of rotatable bonds is 3. The van der Waals surface area contributed by atoms with E-state index in [4.69, 9.17) is 10.5 Å². The maximum atomic E-state index is 5.50. The Balaban J connectivity index is 2.11. The third-order valence-electron chi connectivity index (χ3n) is 2.69. The third-order valence-corrected chi connectivity index (χ3v) is 2.69. The molecular weight excluding hydrogens is 192 g/mol. The van der Waals surface area contributed by atoms with Gasteiger partial charge in [-0.25, -0.2) is 9.97 Å². The van der Waals surface area contributed by atoms with Crippen LogP contribution in [0.15, 0.2) is 12.4 Å². The van der Waals surface area contributed by atoms with Crippen LogP contribution in [0.4, 0.5) is 11.6 Å². The Morgan fingerprint density at radius 3 is 3.07 bits per heavy atom. The van der Waals surface area contributed by atoms with Crippen molar-refractivity contribution in [2.45, 2.75) is 18.9 Å². The fraction of sp³-hybridized carbons (Fsp3) is 0.600. The number of hydrogen-bond donors (Lipinski definition) is 1. The molecular formula is C10H16N4O. The molecule has 15 heavy (non-hydrogen) atoms. The first-order valence-electron chi connectivity index (χ1n) is 5.14. The van der Waals surface area contributed by atoms with Gasteiger partial charge in [0.1, 0.15) is 11.6 Å². The molecule has 1 atom stereocenters. The summed E-state index contributed by atoms with van der Waals surface area (Å²) in [6, 6.07) is 0.424. The first-order valence-corrected chi connectivity index (χ1v) is 5.14. The molecule has 82 valence electrons. The number of methoxy groups -OCH3 is 1. The zero-order chi connectivity index (χ0) is 10.7. The van der Waals surface area contributed by atoms with Gasteiger partial charge in [0.2, 0.25) is 0 Å². The topological polar surface area (TPSA) is 64.3 Å². The standard InChI is InChI=1S/C10H16N4O/c1-15-7-8-3-2-4-14(8)10-6-12-9(11)5-13-10/h5-6,8H,2-4,7H2,1H3,(H2,11,12)/t8-/m1/s1. The number of hydrogen-bond acceptors (Lipinski definition) is 5. The quantitative estimate of drug-likeness (QED) is 0.791. The summed E-state index contributed by atoms with van der Waals surface area (Å²) in [5, 5.41) is 0. The smallest absolute Gasteiger partial charge is 0.147 e. The van der Waals surface area contributed by atoms with E-state index < -0.39 is 0 Å². The van der Waals surface area contributed by atoms with Crippen molar-refractivity contribution in [1.82, 2.24) is 9.97 Å². The molecule has 2 rings (SSSR count). The Hall–Kier alpha value is -1.36. The average molecular weight is 208 g/mol. The zero-order valence-corrected chi connectivity index (χ0v) is 8.89. The van der Waals surface area contributed by atoms with Crippen LogP contribution in [0.2, 0.25) is 0 Å². The van der Waals surface area contributed by atoms with E-state index in [0.29, 0.717) is 11.9 Å². The van der Waals surface area contributed by atoms with Gasteiger partial charge >= 0.3 is 0 Å². The molecule has 2 N–H and O–H groups in total. The van der Waals surface area contributed by atoms with Crippen LogP contribution in [0, 0.1) is 0 Å². The summed E-state index contributed by atoms with van der Waals surface area (Å²) >= 11 is 0. The van der Waals surface area contributed by atoms with Crippen molar-refractivity contribution in [2.75, 3.05) is 30.9 Å². The normalized spacial score (nSPS) is 20.9. The molecule has 1 aromatic heterocycles. The van der Waals surface area contributed by atoms with Crippen LogP contribution in [0.1, 0.15) is 12.8 Å². The lowest BCUT2D eigenvalue weighted by Gasteiger charge is -2.24. The minimum atomic E-state index is 0.424. The fourth-order valence-corrected chi connectivity index (χ4v) is 1.98. The highest BCUT2D eigenvalue weighted by Gasteiger charge is 2.25. The number of nitrogens with two attached hydrogens (primary N) is 1. The predicted octanol–water partition coefficient (Wildman–Crippen LogP) is 0.674. The van der Waals surface area contributed by atoms with Crippen LogP contribution >= 0.6 is 0 Å². The molecule has 5 nitrogen and oxygen atoms in total. The first-order chi connectivity index (χ1) is 7.31. The van der Waals surface area contributed by atoms with E-state index in [1.807, 2.05) is 0 Å². The molecule has 1 aromatic rings. The Labute approximate surface area is 89.3 Å². The average Bonchev–Trinajstić information content (AvgIpc) is 2.68. The van der Waals surface area contributed by atoms with Crippen molar-refractivity contribution in [2.24, 2.45) is 0 Å². The van der Waals surface area contributed by atoms with Crippen LogP contribution < -0.4 is 10.6 Å². The van der Waals surface area contributed by atoms with Gasteiger partial charge in [0.05, 0.1) is 25.0 Å². The van der Waals surface area contributed by atoms with Gasteiger partial charge in [-0.05, 0) is 12.8 Å². The molecule has 1 fully saturated rings. The maximum absolute atomic E-state index is 5.50. The molecule has 5 heteroatoms. The summed E-state index contributed by atoms with van der Waals surface area (Å²) in [5.74, 6) is 1.35. The Bertz CT molecular complexity index is 314. The number of nitrogens with zero attached hydrogens (tertiary/aromatic N) is 3. The Morgan fingerprint density at radius 1 is 1.53 bits per heavy atom. The zero-order valence-electron chi connectivity index (χ0n) is 8.89. The van der Waals surface area contributed by atoms with Gasteiger partial charge in [-0.3, -0.25) is 0 Å². The predicted molar refractivity (Wildman–Crippen MR) is 58.7 cm³/mol. The Kier molecular flexibility index (Phi) is 3.01. The molecule has 0 radical (unpaired) electrons. The number of ether oxygens (including phenoxy) is 1. The first kappa shape index (κ1) is 10.2. The molecule has 0 spiro atoms. The molecule has 0 bridgehead atoms. The van der Waals surface area contributed by atoms with Crippen molar-refractivity contribution in [3.05, 3.63) is 12.4 Å². The molecule has 0 aromatic carbocycles. The lowest BCUT2D eigenvalue weighted by Crippen LogP contribution is -2.33. The minimum Gasteiger partial charge on any atom is -0.383 e. The maximum Gasteiger partial charge on any atom is 0.147 e. The van der Waals surface area contributed by atoms with Crippen LogP contribution in [-0.4, -0.2) is 36.3 Å². The van der Waals surface area contributed by atoms with Crippen molar-refractivity contribution in [3.8, 4) is 0 Å².